The monoisotopic (exact) mass is 239 g/mol. The fourth-order valence-corrected chi connectivity index (χ4v) is 1.26. The zero-order valence-electron chi connectivity index (χ0n) is 9.97. The van der Waals surface area contributed by atoms with E-state index in [0.717, 1.165) is 0 Å². The number of ether oxygens (including phenoxy) is 2. The van der Waals surface area contributed by atoms with Crippen LogP contribution in [0.15, 0.2) is 18.2 Å². The first-order chi connectivity index (χ1) is 8.08. The molecule has 1 amide bonds. The predicted octanol–water partition coefficient (Wildman–Crippen LogP) is 0.944. The van der Waals surface area contributed by atoms with Gasteiger partial charge < -0.3 is 20.3 Å². The summed E-state index contributed by atoms with van der Waals surface area (Å²) >= 11 is 0. The van der Waals surface area contributed by atoms with Crippen molar-refractivity contribution in [2.24, 2.45) is 5.73 Å². The summed E-state index contributed by atoms with van der Waals surface area (Å²) in [5.41, 5.74) is 5.48. The number of rotatable bonds is 6. The molecule has 5 heteroatoms. The lowest BCUT2D eigenvalue weighted by Gasteiger charge is -2.13. The molecule has 0 saturated heterocycles. The van der Waals surface area contributed by atoms with Crippen molar-refractivity contribution in [1.29, 1.82) is 0 Å². The Morgan fingerprint density at radius 2 is 2.24 bits per heavy atom. The number of aliphatic hydroxyl groups is 1. The summed E-state index contributed by atoms with van der Waals surface area (Å²) in [6.07, 6.45) is 0.0278. The highest BCUT2D eigenvalue weighted by Crippen LogP contribution is 2.24. The Bertz CT molecular complexity index is 392. The molecule has 17 heavy (non-hydrogen) atoms. The van der Waals surface area contributed by atoms with E-state index in [1.54, 1.807) is 12.1 Å². The van der Waals surface area contributed by atoms with Gasteiger partial charge in [0.05, 0.1) is 18.8 Å². The Kier molecular flexibility index (Phi) is 4.78. The molecule has 1 aromatic carbocycles. The average molecular weight is 239 g/mol. The standard InChI is InChI=1S/C12H17NO4/c1-3-8(14)7-17-11-5-4-9(16-2)6-10(11)12(13)15/h4-6,8,14H,3,7H2,1-2H3,(H2,13,15)/t8-/m0/s1. The van der Waals surface area contributed by atoms with E-state index in [0.29, 0.717) is 17.9 Å². The number of amides is 1. The minimum Gasteiger partial charge on any atom is -0.497 e. The minimum atomic E-state index is -0.593. The molecule has 0 aliphatic heterocycles. The van der Waals surface area contributed by atoms with Gasteiger partial charge in [0.15, 0.2) is 0 Å². The van der Waals surface area contributed by atoms with Crippen LogP contribution >= 0.6 is 0 Å². The predicted molar refractivity (Wildman–Crippen MR) is 63.3 cm³/mol. The molecule has 0 saturated carbocycles. The van der Waals surface area contributed by atoms with Gasteiger partial charge in [0.25, 0.3) is 5.91 Å². The summed E-state index contributed by atoms with van der Waals surface area (Å²) < 4.78 is 10.3. The van der Waals surface area contributed by atoms with Crippen LogP contribution in [-0.4, -0.2) is 30.8 Å². The van der Waals surface area contributed by atoms with Crippen LogP contribution in [0.4, 0.5) is 0 Å². The van der Waals surface area contributed by atoms with Gasteiger partial charge in [0, 0.05) is 0 Å². The lowest BCUT2D eigenvalue weighted by Crippen LogP contribution is -2.19. The van der Waals surface area contributed by atoms with Crippen LogP contribution in [0.25, 0.3) is 0 Å². The maximum absolute atomic E-state index is 11.2. The molecule has 1 rings (SSSR count). The van der Waals surface area contributed by atoms with E-state index in [1.807, 2.05) is 6.92 Å². The van der Waals surface area contributed by atoms with E-state index in [2.05, 4.69) is 0 Å². The van der Waals surface area contributed by atoms with Crippen LogP contribution in [0.3, 0.4) is 0 Å². The quantitative estimate of drug-likeness (QED) is 0.774. The highest BCUT2D eigenvalue weighted by molar-refractivity contribution is 5.96. The second-order valence-corrected chi connectivity index (χ2v) is 3.60. The summed E-state index contributed by atoms with van der Waals surface area (Å²) in [6.45, 7) is 1.97. The lowest BCUT2D eigenvalue weighted by molar-refractivity contribution is 0.0957. The Hall–Kier alpha value is -1.75. The van der Waals surface area contributed by atoms with Crippen LogP contribution < -0.4 is 15.2 Å². The van der Waals surface area contributed by atoms with Crippen LogP contribution in [0, 0.1) is 0 Å². The third-order valence-electron chi connectivity index (χ3n) is 2.35. The summed E-state index contributed by atoms with van der Waals surface area (Å²) in [7, 11) is 1.50. The van der Waals surface area contributed by atoms with Gasteiger partial charge in [0.1, 0.15) is 18.1 Å². The number of hydrogen-bond acceptors (Lipinski definition) is 4. The fourth-order valence-electron chi connectivity index (χ4n) is 1.26. The maximum Gasteiger partial charge on any atom is 0.252 e. The molecule has 0 radical (unpaired) electrons. The average Bonchev–Trinajstić information content (AvgIpc) is 2.35. The van der Waals surface area contributed by atoms with Crippen molar-refractivity contribution in [2.75, 3.05) is 13.7 Å². The molecule has 1 aromatic rings. The van der Waals surface area contributed by atoms with Gasteiger partial charge in [-0.2, -0.15) is 0 Å². The number of nitrogens with two attached hydrogens (primary N) is 1. The molecule has 0 heterocycles. The number of primary amides is 1. The van der Waals surface area contributed by atoms with E-state index in [1.165, 1.54) is 13.2 Å². The number of aliphatic hydroxyl groups excluding tert-OH is 1. The Morgan fingerprint density at radius 1 is 1.53 bits per heavy atom. The van der Waals surface area contributed by atoms with Gasteiger partial charge in [-0.3, -0.25) is 4.79 Å². The van der Waals surface area contributed by atoms with E-state index in [4.69, 9.17) is 15.2 Å². The van der Waals surface area contributed by atoms with Crippen molar-refractivity contribution in [1.82, 2.24) is 0 Å². The van der Waals surface area contributed by atoms with Crippen LogP contribution in [0.2, 0.25) is 0 Å². The molecule has 0 aromatic heterocycles. The molecule has 3 N–H and O–H groups in total. The summed E-state index contributed by atoms with van der Waals surface area (Å²) in [6, 6.07) is 4.78. The third kappa shape index (κ3) is 3.64. The highest BCUT2D eigenvalue weighted by Gasteiger charge is 2.12. The SMILES string of the molecule is CC[C@H](O)COc1ccc(OC)cc1C(N)=O. The molecule has 0 fully saturated rings. The molecule has 0 spiro atoms. The summed E-state index contributed by atoms with van der Waals surface area (Å²) in [5.74, 6) is 0.290. The van der Waals surface area contributed by atoms with Crippen LogP contribution in [-0.2, 0) is 0 Å². The molecular weight excluding hydrogens is 222 g/mol. The molecule has 0 aliphatic carbocycles. The van der Waals surface area contributed by atoms with Gasteiger partial charge in [-0.05, 0) is 24.6 Å². The number of hydrogen-bond donors (Lipinski definition) is 2. The number of carbonyl (C=O) groups excluding carboxylic acids is 1. The Labute approximate surface area is 100 Å². The van der Waals surface area contributed by atoms with Crippen LogP contribution in [0.5, 0.6) is 11.5 Å². The molecule has 1 atom stereocenters. The zero-order valence-corrected chi connectivity index (χ0v) is 9.97. The van der Waals surface area contributed by atoms with Crippen molar-refractivity contribution in [2.45, 2.75) is 19.4 Å². The van der Waals surface area contributed by atoms with Gasteiger partial charge in [-0.1, -0.05) is 6.92 Å². The second kappa shape index (κ2) is 6.10. The Morgan fingerprint density at radius 3 is 2.76 bits per heavy atom. The van der Waals surface area contributed by atoms with Crippen molar-refractivity contribution < 1.29 is 19.4 Å². The summed E-state index contributed by atoms with van der Waals surface area (Å²) in [5, 5.41) is 9.38. The summed E-state index contributed by atoms with van der Waals surface area (Å²) in [4.78, 5) is 11.2. The second-order valence-electron chi connectivity index (χ2n) is 3.60. The molecule has 0 bridgehead atoms. The van der Waals surface area contributed by atoms with Gasteiger partial charge in [0.2, 0.25) is 0 Å². The first kappa shape index (κ1) is 13.3. The topological polar surface area (TPSA) is 81.8 Å². The molecule has 5 nitrogen and oxygen atoms in total. The van der Waals surface area contributed by atoms with E-state index < -0.39 is 12.0 Å². The lowest BCUT2D eigenvalue weighted by atomic mass is 10.2. The minimum absolute atomic E-state index is 0.128. The van der Waals surface area contributed by atoms with E-state index in [-0.39, 0.29) is 12.2 Å². The number of methoxy groups -OCH3 is 1. The highest BCUT2D eigenvalue weighted by atomic mass is 16.5. The van der Waals surface area contributed by atoms with E-state index in [9.17, 15) is 9.90 Å². The van der Waals surface area contributed by atoms with Crippen molar-refractivity contribution in [3.05, 3.63) is 23.8 Å². The van der Waals surface area contributed by atoms with Gasteiger partial charge >= 0.3 is 0 Å². The number of carbonyl (C=O) groups is 1. The largest absolute Gasteiger partial charge is 0.497 e. The molecule has 0 aliphatic rings. The van der Waals surface area contributed by atoms with Gasteiger partial charge in [-0.25, -0.2) is 0 Å². The van der Waals surface area contributed by atoms with E-state index >= 15 is 0 Å². The zero-order chi connectivity index (χ0) is 12.8. The fraction of sp³-hybridized carbons (Fsp3) is 0.417. The maximum atomic E-state index is 11.2. The normalized spacial score (nSPS) is 11.9. The Balaban J connectivity index is 2.87. The third-order valence-corrected chi connectivity index (χ3v) is 2.35. The first-order valence-electron chi connectivity index (χ1n) is 5.37. The van der Waals surface area contributed by atoms with Gasteiger partial charge in [-0.15, -0.1) is 0 Å². The van der Waals surface area contributed by atoms with Crippen molar-refractivity contribution >= 4 is 5.91 Å². The van der Waals surface area contributed by atoms with Crippen molar-refractivity contribution in [3.8, 4) is 11.5 Å². The molecule has 0 unspecified atom stereocenters. The first-order valence-corrected chi connectivity index (χ1v) is 5.37. The number of benzene rings is 1. The molecule has 94 valence electrons. The molecular formula is C12H17NO4. The smallest absolute Gasteiger partial charge is 0.252 e. The van der Waals surface area contributed by atoms with Crippen molar-refractivity contribution in [3.63, 3.8) is 0 Å². The van der Waals surface area contributed by atoms with Crippen LogP contribution in [0.1, 0.15) is 23.7 Å².